The van der Waals surface area contributed by atoms with E-state index in [2.05, 4.69) is 30.8 Å². The van der Waals surface area contributed by atoms with Crippen LogP contribution in [-0.4, -0.2) is 50.1 Å². The summed E-state index contributed by atoms with van der Waals surface area (Å²) in [4.78, 5) is 40.5. The summed E-state index contributed by atoms with van der Waals surface area (Å²) in [5.74, 6) is -2.26. The zero-order valence-corrected chi connectivity index (χ0v) is 33.3. The van der Waals surface area contributed by atoms with Crippen LogP contribution in [0, 0.1) is 5.82 Å². The van der Waals surface area contributed by atoms with Crippen LogP contribution in [0.3, 0.4) is 0 Å². The first-order chi connectivity index (χ1) is 25.7. The Morgan fingerprint density at radius 3 is 2.09 bits per heavy atom. The van der Waals surface area contributed by atoms with Crippen molar-refractivity contribution in [2.45, 2.75) is 90.6 Å². The van der Waals surface area contributed by atoms with Crippen LogP contribution in [0.15, 0.2) is 84.9 Å². The maximum Gasteiger partial charge on any atom is 0.573 e. The van der Waals surface area contributed by atoms with Crippen LogP contribution in [0.5, 0.6) is 5.75 Å². The minimum atomic E-state index is -4.88. The molecule has 0 aliphatic carbocycles. The molecule has 0 spiro atoms. The summed E-state index contributed by atoms with van der Waals surface area (Å²) in [6.45, 7) is 13.9. The normalized spacial score (nSPS) is 12.9. The number of hydrogen-bond acceptors (Lipinski definition) is 6. The molecule has 0 unspecified atom stereocenters. The molecule has 1 atom stereocenters. The number of rotatable bonds is 15. The summed E-state index contributed by atoms with van der Waals surface area (Å²) >= 11 is 0. The molecule has 0 saturated carbocycles. The number of allylic oxidation sites excluding steroid dienone is 1. The van der Waals surface area contributed by atoms with Gasteiger partial charge in [0.15, 0.2) is 14.1 Å². The molecule has 3 aromatic carbocycles. The van der Waals surface area contributed by atoms with Crippen LogP contribution in [0.4, 0.5) is 17.6 Å². The monoisotopic (exact) mass is 780 g/mol. The van der Waals surface area contributed by atoms with Gasteiger partial charge in [-0.05, 0) is 85.1 Å². The Labute approximate surface area is 320 Å². The summed E-state index contributed by atoms with van der Waals surface area (Å²) < 4.78 is 70.3. The number of methoxy groups -OCH3 is 1. The number of halogens is 4. The van der Waals surface area contributed by atoms with E-state index in [9.17, 15) is 31.9 Å². The van der Waals surface area contributed by atoms with Crippen molar-refractivity contribution in [1.82, 2.24) is 9.88 Å². The maximum atomic E-state index is 14.4. The number of alkyl halides is 3. The molecule has 1 aromatic heterocycles. The third-order valence-electron chi connectivity index (χ3n) is 9.50. The number of benzene rings is 3. The number of nitrogens with one attached hydrogen (secondary N) is 1. The predicted molar refractivity (Wildman–Crippen MR) is 207 cm³/mol. The molecule has 4 aromatic rings. The minimum absolute atomic E-state index is 0.109. The van der Waals surface area contributed by atoms with E-state index in [-0.39, 0.29) is 41.9 Å². The molecule has 0 aliphatic rings. The SMILES string of the molecule is COC(=O)C[C@@H](CC(=O)/C=C/c1c(-c2ccc(F)cc2)c(-c2ccccc2)c(C(=O)NCc2cccc(OC(F)(F)F)c2)n1C(C)C)O[Si](C)(C)C(C)(C)C. The van der Waals surface area contributed by atoms with Gasteiger partial charge < -0.3 is 23.8 Å². The van der Waals surface area contributed by atoms with Crippen molar-refractivity contribution in [1.29, 1.82) is 0 Å². The number of amides is 1. The van der Waals surface area contributed by atoms with Crippen LogP contribution in [0.25, 0.3) is 28.3 Å². The van der Waals surface area contributed by atoms with Gasteiger partial charge in [0.05, 0.1) is 25.3 Å². The average molecular weight is 781 g/mol. The Balaban J connectivity index is 1.85. The zero-order chi connectivity index (χ0) is 40.7. The second-order valence-corrected chi connectivity index (χ2v) is 19.7. The highest BCUT2D eigenvalue weighted by Gasteiger charge is 2.40. The number of nitrogens with zero attached hydrogens (tertiary/aromatic N) is 1. The molecule has 13 heteroatoms. The van der Waals surface area contributed by atoms with Gasteiger partial charge in [-0.15, -0.1) is 13.2 Å². The number of hydrogen-bond donors (Lipinski definition) is 1. The summed E-state index contributed by atoms with van der Waals surface area (Å²) in [6.07, 6.45) is -2.83. The van der Waals surface area contributed by atoms with Crippen molar-refractivity contribution in [2.24, 2.45) is 0 Å². The van der Waals surface area contributed by atoms with Crippen LogP contribution >= 0.6 is 0 Å². The van der Waals surface area contributed by atoms with E-state index in [1.165, 1.54) is 43.5 Å². The van der Waals surface area contributed by atoms with E-state index >= 15 is 0 Å². The average Bonchev–Trinajstić information content (AvgIpc) is 3.44. The molecule has 0 fully saturated rings. The minimum Gasteiger partial charge on any atom is -0.469 e. The quantitative estimate of drug-likeness (QED) is 0.0559. The highest BCUT2D eigenvalue weighted by Crippen LogP contribution is 2.43. The summed E-state index contributed by atoms with van der Waals surface area (Å²) in [6, 6.07) is 19.9. The molecule has 294 valence electrons. The second kappa shape index (κ2) is 17.6. The summed E-state index contributed by atoms with van der Waals surface area (Å²) in [7, 11) is -1.12. The van der Waals surface area contributed by atoms with Gasteiger partial charge in [-0.25, -0.2) is 4.39 Å². The fraction of sp³-hybridized carbons (Fsp3) is 0.357. The third-order valence-corrected chi connectivity index (χ3v) is 14.0. The van der Waals surface area contributed by atoms with E-state index in [1.807, 2.05) is 57.3 Å². The molecule has 4 rings (SSSR count). The van der Waals surface area contributed by atoms with Crippen LogP contribution in [-0.2, 0) is 25.3 Å². The highest BCUT2D eigenvalue weighted by atomic mass is 28.4. The van der Waals surface area contributed by atoms with Gasteiger partial charge in [-0.2, -0.15) is 0 Å². The maximum absolute atomic E-state index is 14.4. The lowest BCUT2D eigenvalue weighted by atomic mass is 9.94. The highest BCUT2D eigenvalue weighted by molar-refractivity contribution is 6.74. The number of ketones is 1. The van der Waals surface area contributed by atoms with E-state index < -0.39 is 44.2 Å². The number of aromatic nitrogens is 1. The van der Waals surface area contributed by atoms with Crippen molar-refractivity contribution in [3.63, 3.8) is 0 Å². The summed E-state index contributed by atoms with van der Waals surface area (Å²) in [5.41, 5.74) is 3.36. The molecule has 0 saturated heterocycles. The van der Waals surface area contributed by atoms with Crippen molar-refractivity contribution in [3.8, 4) is 28.0 Å². The first-order valence-electron chi connectivity index (χ1n) is 17.9. The zero-order valence-electron chi connectivity index (χ0n) is 32.3. The van der Waals surface area contributed by atoms with Crippen molar-refractivity contribution in [2.75, 3.05) is 7.11 Å². The lowest BCUT2D eigenvalue weighted by molar-refractivity contribution is -0.274. The van der Waals surface area contributed by atoms with E-state index in [0.29, 0.717) is 33.5 Å². The van der Waals surface area contributed by atoms with E-state index in [1.54, 1.807) is 28.8 Å². The van der Waals surface area contributed by atoms with Gasteiger partial charge in [0.1, 0.15) is 17.3 Å². The van der Waals surface area contributed by atoms with Gasteiger partial charge in [0.2, 0.25) is 0 Å². The predicted octanol–water partition coefficient (Wildman–Crippen LogP) is 10.3. The van der Waals surface area contributed by atoms with Gasteiger partial charge in [-0.1, -0.05) is 75.4 Å². The molecule has 1 amide bonds. The molecule has 55 heavy (non-hydrogen) atoms. The van der Waals surface area contributed by atoms with Gasteiger partial charge in [-0.3, -0.25) is 14.4 Å². The summed E-state index contributed by atoms with van der Waals surface area (Å²) in [5, 5.41) is 2.67. The lowest BCUT2D eigenvalue weighted by Crippen LogP contribution is -2.44. The van der Waals surface area contributed by atoms with Crippen LogP contribution < -0.4 is 10.1 Å². The second-order valence-electron chi connectivity index (χ2n) is 15.0. The van der Waals surface area contributed by atoms with Crippen molar-refractivity contribution >= 4 is 32.1 Å². The standard InChI is InChI=1S/C42H48F4N2O6Si/c1-27(2)48-35(22-21-32(49)24-34(25-36(50)52-6)54-55(7,8)41(3,4)5)37(30-17-19-31(43)20-18-30)38(29-14-10-9-11-15-29)39(48)40(51)47-26-28-13-12-16-33(23-28)53-42(44,45)46/h9-23,27,34H,24-26H2,1-8H3,(H,47,51)/b22-21+/t34-/m1/s1. The fourth-order valence-electron chi connectivity index (χ4n) is 5.93. The van der Waals surface area contributed by atoms with E-state index in [4.69, 9.17) is 9.16 Å². The Hall–Kier alpha value is -5.01. The molecule has 8 nitrogen and oxygen atoms in total. The first-order valence-corrected chi connectivity index (χ1v) is 20.8. The van der Waals surface area contributed by atoms with Crippen molar-refractivity contribution < 1.29 is 45.8 Å². The smallest absolute Gasteiger partial charge is 0.469 e. The van der Waals surface area contributed by atoms with Crippen molar-refractivity contribution in [3.05, 3.63) is 108 Å². The Kier molecular flexibility index (Phi) is 13.7. The molecule has 0 aliphatic heterocycles. The topological polar surface area (TPSA) is 95.9 Å². The van der Waals surface area contributed by atoms with Crippen LogP contribution in [0.2, 0.25) is 18.1 Å². The number of ether oxygens (including phenoxy) is 2. The molecular formula is C42H48F4N2O6Si. The Morgan fingerprint density at radius 2 is 1.51 bits per heavy atom. The molecular weight excluding hydrogens is 733 g/mol. The Bertz CT molecular complexity index is 2000. The van der Waals surface area contributed by atoms with E-state index in [0.717, 1.165) is 0 Å². The molecule has 0 radical (unpaired) electrons. The van der Waals surface area contributed by atoms with Gasteiger partial charge in [0.25, 0.3) is 5.91 Å². The van der Waals surface area contributed by atoms with Gasteiger partial charge in [0, 0.05) is 30.1 Å². The largest absolute Gasteiger partial charge is 0.573 e. The number of esters is 1. The van der Waals surface area contributed by atoms with Gasteiger partial charge >= 0.3 is 12.3 Å². The fourth-order valence-corrected chi connectivity index (χ4v) is 7.28. The number of carbonyl (C=O) groups excluding carboxylic acids is 3. The number of carbonyl (C=O) groups is 3. The molecule has 1 N–H and O–H groups in total. The Morgan fingerprint density at radius 1 is 0.873 bits per heavy atom. The third kappa shape index (κ3) is 11.3. The first kappa shape index (κ1) is 42.7. The molecule has 0 bridgehead atoms. The molecule has 1 heterocycles. The van der Waals surface area contributed by atoms with Crippen LogP contribution in [0.1, 0.15) is 75.2 Å². The lowest BCUT2D eigenvalue weighted by Gasteiger charge is -2.39.